The first-order valence-corrected chi connectivity index (χ1v) is 13.7. The highest BCUT2D eigenvalue weighted by Gasteiger charge is 2.32. The second kappa shape index (κ2) is 11.8. The van der Waals surface area contributed by atoms with E-state index in [1.807, 2.05) is 47.6 Å². The Kier molecular flexibility index (Phi) is 9.76. The smallest absolute Gasteiger partial charge is 0.316 e. The lowest BCUT2D eigenvalue weighted by atomic mass is 9.69. The highest BCUT2D eigenvalue weighted by atomic mass is 16.5. The lowest BCUT2D eigenvalue weighted by molar-refractivity contribution is -0.143. The fourth-order valence-corrected chi connectivity index (χ4v) is 5.02. The van der Waals surface area contributed by atoms with Crippen molar-refractivity contribution in [3.05, 3.63) is 70.3 Å². The van der Waals surface area contributed by atoms with Crippen molar-refractivity contribution >= 4 is 11.5 Å². The topological polar surface area (TPSA) is 46.5 Å². The van der Waals surface area contributed by atoms with Crippen LogP contribution < -0.4 is 4.74 Å². The lowest BCUT2D eigenvalue weighted by Gasteiger charge is -2.34. The van der Waals surface area contributed by atoms with E-state index >= 15 is 0 Å². The maximum Gasteiger partial charge on any atom is 0.316 e. The van der Waals surface area contributed by atoms with E-state index in [9.17, 15) is 9.90 Å². The zero-order valence-electron chi connectivity index (χ0n) is 24.3. The van der Waals surface area contributed by atoms with Gasteiger partial charge in [0.15, 0.2) is 0 Å². The van der Waals surface area contributed by atoms with Crippen molar-refractivity contribution in [1.82, 2.24) is 0 Å². The number of aliphatic hydroxyl groups is 1. The van der Waals surface area contributed by atoms with Crippen LogP contribution >= 0.6 is 0 Å². The number of carbonyl (C=O) groups excluding carboxylic acids is 1. The SMILES string of the molecule is CC/C(=C\C(O)(CC)CC)c1ccc(C(CC)(CC)c2ccc(OC(=O)C(C)(C)C)c(C)c2)cc1C. The van der Waals surface area contributed by atoms with Gasteiger partial charge >= 0.3 is 5.97 Å². The van der Waals surface area contributed by atoms with Gasteiger partial charge in [0.05, 0.1) is 11.0 Å². The number of hydrogen-bond acceptors (Lipinski definition) is 3. The van der Waals surface area contributed by atoms with Crippen molar-refractivity contribution in [1.29, 1.82) is 0 Å². The van der Waals surface area contributed by atoms with Gasteiger partial charge in [-0.15, -0.1) is 0 Å². The molecule has 198 valence electrons. The molecule has 36 heavy (non-hydrogen) atoms. The van der Waals surface area contributed by atoms with Crippen molar-refractivity contribution < 1.29 is 14.6 Å². The second-order valence-corrected chi connectivity index (χ2v) is 11.3. The molecule has 0 spiro atoms. The molecule has 0 bridgehead atoms. The molecular weight excluding hydrogens is 444 g/mol. The third-order valence-electron chi connectivity index (χ3n) is 7.92. The van der Waals surface area contributed by atoms with E-state index < -0.39 is 11.0 Å². The lowest BCUT2D eigenvalue weighted by Crippen LogP contribution is -2.27. The number of aryl methyl sites for hydroxylation is 2. The first kappa shape index (κ1) is 29.8. The summed E-state index contributed by atoms with van der Waals surface area (Å²) in [5.41, 5.74) is 5.71. The third-order valence-corrected chi connectivity index (χ3v) is 7.92. The number of ether oxygens (including phenoxy) is 1. The fourth-order valence-electron chi connectivity index (χ4n) is 5.02. The van der Waals surface area contributed by atoms with E-state index in [4.69, 9.17) is 4.74 Å². The van der Waals surface area contributed by atoms with Gasteiger partial charge in [-0.25, -0.2) is 0 Å². The molecule has 0 amide bonds. The molecule has 0 aliphatic rings. The highest BCUT2D eigenvalue weighted by Crippen LogP contribution is 2.42. The van der Waals surface area contributed by atoms with E-state index in [0.29, 0.717) is 18.6 Å². The van der Waals surface area contributed by atoms with E-state index in [1.165, 1.54) is 27.8 Å². The van der Waals surface area contributed by atoms with Crippen LogP contribution in [0.5, 0.6) is 5.75 Å². The third kappa shape index (κ3) is 6.29. The normalized spacial score (nSPS) is 13.1. The van der Waals surface area contributed by atoms with Gasteiger partial charge in [0.2, 0.25) is 0 Å². The molecule has 0 radical (unpaired) electrons. The van der Waals surface area contributed by atoms with Gasteiger partial charge in [0.25, 0.3) is 0 Å². The Labute approximate surface area is 220 Å². The first-order valence-electron chi connectivity index (χ1n) is 13.7. The van der Waals surface area contributed by atoms with Crippen molar-refractivity contribution in [2.45, 2.75) is 112 Å². The molecule has 0 heterocycles. The molecule has 0 unspecified atom stereocenters. The van der Waals surface area contributed by atoms with Crippen LogP contribution in [0.25, 0.3) is 5.57 Å². The minimum absolute atomic E-state index is 0.135. The van der Waals surface area contributed by atoms with Crippen LogP contribution in [0.2, 0.25) is 0 Å². The van der Waals surface area contributed by atoms with Gasteiger partial charge in [-0.3, -0.25) is 4.79 Å². The van der Waals surface area contributed by atoms with Gasteiger partial charge in [-0.1, -0.05) is 65.0 Å². The van der Waals surface area contributed by atoms with Crippen molar-refractivity contribution in [3.8, 4) is 5.75 Å². The van der Waals surface area contributed by atoms with Crippen molar-refractivity contribution in [3.63, 3.8) is 0 Å². The van der Waals surface area contributed by atoms with Crippen LogP contribution in [0.4, 0.5) is 0 Å². The number of hydrogen-bond donors (Lipinski definition) is 1. The van der Waals surface area contributed by atoms with E-state index in [0.717, 1.165) is 24.8 Å². The summed E-state index contributed by atoms with van der Waals surface area (Å²) in [5.74, 6) is 0.406. The molecule has 0 saturated heterocycles. The Morgan fingerprint density at radius 1 is 0.833 bits per heavy atom. The zero-order chi connectivity index (χ0) is 27.3. The minimum Gasteiger partial charge on any atom is -0.426 e. The molecule has 0 aliphatic heterocycles. The van der Waals surface area contributed by atoms with Crippen LogP contribution in [-0.2, 0) is 10.2 Å². The molecule has 3 heteroatoms. The number of benzene rings is 2. The van der Waals surface area contributed by atoms with Crippen molar-refractivity contribution in [2.24, 2.45) is 5.41 Å². The maximum absolute atomic E-state index is 12.4. The van der Waals surface area contributed by atoms with Crippen LogP contribution in [0, 0.1) is 19.3 Å². The second-order valence-electron chi connectivity index (χ2n) is 11.3. The average molecular weight is 493 g/mol. The largest absolute Gasteiger partial charge is 0.426 e. The van der Waals surface area contributed by atoms with E-state index in [1.54, 1.807) is 0 Å². The summed E-state index contributed by atoms with van der Waals surface area (Å²) >= 11 is 0. The summed E-state index contributed by atoms with van der Waals surface area (Å²) < 4.78 is 5.72. The van der Waals surface area contributed by atoms with Crippen LogP contribution in [0.3, 0.4) is 0 Å². The monoisotopic (exact) mass is 492 g/mol. The first-order chi connectivity index (χ1) is 16.8. The Morgan fingerprint density at radius 2 is 1.36 bits per heavy atom. The number of esters is 1. The van der Waals surface area contributed by atoms with Gasteiger partial charge in [0, 0.05) is 5.41 Å². The number of rotatable bonds is 10. The molecule has 2 aromatic rings. The van der Waals surface area contributed by atoms with Gasteiger partial charge in [-0.05, 0) is 112 Å². The summed E-state index contributed by atoms with van der Waals surface area (Å²) in [7, 11) is 0. The predicted octanol–water partition coefficient (Wildman–Crippen LogP) is 8.71. The molecule has 0 saturated carbocycles. The minimum atomic E-state index is -0.761. The summed E-state index contributed by atoms with van der Waals surface area (Å²) in [4.78, 5) is 12.4. The number of carbonyl (C=O) groups is 1. The van der Waals surface area contributed by atoms with Gasteiger partial charge < -0.3 is 9.84 Å². The summed E-state index contributed by atoms with van der Waals surface area (Å²) in [6.45, 7) is 20.5. The Balaban J connectivity index is 2.54. The van der Waals surface area contributed by atoms with Gasteiger partial charge in [-0.2, -0.15) is 0 Å². The summed E-state index contributed by atoms with van der Waals surface area (Å²) in [6.07, 6.45) is 6.29. The molecule has 3 nitrogen and oxygen atoms in total. The Morgan fingerprint density at radius 3 is 1.78 bits per heavy atom. The average Bonchev–Trinajstić information content (AvgIpc) is 2.84. The standard InChI is InChI=1S/C33H48O3/c1-11-25(22-32(35,12-2)13-3)28-18-16-26(20-23(28)6)33(14-4,15-5)27-17-19-29(24(7)21-27)36-30(34)31(8,9)10/h16-22,35H,11-15H2,1-10H3/b25-22+. The van der Waals surface area contributed by atoms with Crippen molar-refractivity contribution in [2.75, 3.05) is 0 Å². The summed E-state index contributed by atoms with van der Waals surface area (Å²) in [5, 5.41) is 10.9. The molecule has 0 atom stereocenters. The fraction of sp³-hybridized carbons (Fsp3) is 0.545. The Bertz CT molecular complexity index is 1080. The molecule has 0 aliphatic carbocycles. The molecule has 1 N–H and O–H groups in total. The molecule has 0 aromatic heterocycles. The molecular formula is C33H48O3. The van der Waals surface area contributed by atoms with Crippen LogP contribution in [-0.4, -0.2) is 16.7 Å². The molecule has 0 fully saturated rings. The van der Waals surface area contributed by atoms with Crippen LogP contribution in [0.1, 0.15) is 115 Å². The maximum atomic E-state index is 12.4. The predicted molar refractivity (Wildman–Crippen MR) is 153 cm³/mol. The summed E-state index contributed by atoms with van der Waals surface area (Å²) in [6, 6.07) is 13.1. The number of allylic oxidation sites excluding steroid dienone is 1. The van der Waals surface area contributed by atoms with E-state index in [-0.39, 0.29) is 11.4 Å². The highest BCUT2D eigenvalue weighted by molar-refractivity contribution is 5.78. The van der Waals surface area contributed by atoms with Crippen LogP contribution in [0.15, 0.2) is 42.5 Å². The zero-order valence-corrected chi connectivity index (χ0v) is 24.3. The molecule has 2 rings (SSSR count). The van der Waals surface area contributed by atoms with Gasteiger partial charge in [0.1, 0.15) is 5.75 Å². The Hall–Kier alpha value is -2.39. The quantitative estimate of drug-likeness (QED) is 0.266. The molecule has 2 aromatic carbocycles. The van der Waals surface area contributed by atoms with E-state index in [2.05, 4.69) is 64.1 Å².